The number of aromatic nitrogens is 4. The Morgan fingerprint density at radius 1 is 1.07 bits per heavy atom. The lowest BCUT2D eigenvalue weighted by Crippen LogP contribution is -2.18. The molecule has 148 valence electrons. The average molecular weight is 448 g/mol. The van der Waals surface area contributed by atoms with Crippen molar-refractivity contribution in [2.24, 2.45) is 0 Å². The molecular weight excluding hydrogens is 426 g/mol. The Balaban J connectivity index is 1.62. The summed E-state index contributed by atoms with van der Waals surface area (Å²) in [6, 6.07) is 5.82. The summed E-state index contributed by atoms with van der Waals surface area (Å²) < 4.78 is 15.4. The molecule has 1 N–H and O–H groups in total. The molecule has 2 aromatic heterocycles. The fraction of sp³-hybridized carbons (Fsp3) is 0.316. The van der Waals surface area contributed by atoms with E-state index in [9.17, 15) is 4.79 Å². The second kappa shape index (κ2) is 9.41. The van der Waals surface area contributed by atoms with Crippen molar-refractivity contribution in [3.63, 3.8) is 0 Å². The Hall–Kier alpha value is -2.81. The molecule has 0 radical (unpaired) electrons. The summed E-state index contributed by atoms with van der Waals surface area (Å²) in [5.74, 6) is 1.27. The number of carbonyl (C=O) groups is 1. The fourth-order valence-corrected chi connectivity index (χ4v) is 3.00. The zero-order chi connectivity index (χ0) is 19.9. The highest BCUT2D eigenvalue weighted by Gasteiger charge is 2.09. The lowest BCUT2D eigenvalue weighted by molar-refractivity contribution is -0.116. The monoisotopic (exact) mass is 447 g/mol. The van der Waals surface area contributed by atoms with Gasteiger partial charge in [-0.1, -0.05) is 6.07 Å². The number of halogens is 1. The molecule has 9 heteroatoms. The molecule has 1 aromatic carbocycles. The van der Waals surface area contributed by atoms with Crippen LogP contribution in [0, 0.1) is 0 Å². The highest BCUT2D eigenvalue weighted by atomic mass is 79.9. The van der Waals surface area contributed by atoms with E-state index < -0.39 is 0 Å². The standard InChI is InChI=1S/C19H22BrN5O3/c1-3-27-17-6-5-14(7-18(17)28-4-2)10-24-12-16(9-22-24)23-19(26)13-25-11-15(20)8-21-25/h5-9,11-12H,3-4,10,13H2,1-2H3,(H,23,26). The number of ether oxygens (including phenoxy) is 2. The number of nitrogens with zero attached hydrogens (tertiary/aromatic N) is 4. The van der Waals surface area contributed by atoms with E-state index in [0.29, 0.717) is 31.2 Å². The van der Waals surface area contributed by atoms with Crippen molar-refractivity contribution in [2.75, 3.05) is 18.5 Å². The van der Waals surface area contributed by atoms with Crippen LogP contribution in [0.5, 0.6) is 11.5 Å². The van der Waals surface area contributed by atoms with Crippen LogP contribution in [-0.4, -0.2) is 38.7 Å². The number of hydrogen-bond donors (Lipinski definition) is 1. The Labute approximate surface area is 171 Å². The maximum atomic E-state index is 12.1. The third kappa shape index (κ3) is 5.35. The molecule has 0 aliphatic rings. The van der Waals surface area contributed by atoms with Crippen LogP contribution in [0.4, 0.5) is 5.69 Å². The van der Waals surface area contributed by atoms with E-state index in [0.717, 1.165) is 15.8 Å². The number of anilines is 1. The molecule has 0 unspecified atom stereocenters. The summed E-state index contributed by atoms with van der Waals surface area (Å²) >= 11 is 3.31. The Morgan fingerprint density at radius 3 is 2.54 bits per heavy atom. The fourth-order valence-electron chi connectivity index (χ4n) is 2.67. The molecule has 3 aromatic rings. The van der Waals surface area contributed by atoms with Crippen LogP contribution in [0.3, 0.4) is 0 Å². The lowest BCUT2D eigenvalue weighted by Gasteiger charge is -2.12. The molecular formula is C19H22BrN5O3. The third-order valence-electron chi connectivity index (χ3n) is 3.78. The molecule has 0 spiro atoms. The largest absolute Gasteiger partial charge is 0.490 e. The van der Waals surface area contributed by atoms with E-state index in [4.69, 9.17) is 9.47 Å². The quantitative estimate of drug-likeness (QED) is 0.543. The second-order valence-electron chi connectivity index (χ2n) is 5.98. The van der Waals surface area contributed by atoms with Crippen molar-refractivity contribution in [2.45, 2.75) is 26.9 Å². The molecule has 0 aliphatic heterocycles. The van der Waals surface area contributed by atoms with Crippen molar-refractivity contribution >= 4 is 27.5 Å². The van der Waals surface area contributed by atoms with E-state index in [1.165, 1.54) is 0 Å². The van der Waals surface area contributed by atoms with Gasteiger partial charge in [-0.3, -0.25) is 14.2 Å². The summed E-state index contributed by atoms with van der Waals surface area (Å²) in [7, 11) is 0. The molecule has 3 rings (SSSR count). The van der Waals surface area contributed by atoms with Crippen LogP contribution in [0.1, 0.15) is 19.4 Å². The summed E-state index contributed by atoms with van der Waals surface area (Å²) in [5, 5.41) is 11.2. The predicted octanol–water partition coefficient (Wildman–Crippen LogP) is 3.33. The van der Waals surface area contributed by atoms with Gasteiger partial charge in [0, 0.05) is 12.4 Å². The lowest BCUT2D eigenvalue weighted by atomic mass is 10.2. The van der Waals surface area contributed by atoms with Gasteiger partial charge in [-0.05, 0) is 47.5 Å². The molecule has 2 heterocycles. The summed E-state index contributed by atoms with van der Waals surface area (Å²) in [5.41, 5.74) is 1.65. The number of rotatable bonds is 9. The van der Waals surface area contributed by atoms with E-state index in [2.05, 4.69) is 31.4 Å². The van der Waals surface area contributed by atoms with Gasteiger partial charge in [0.05, 0.1) is 42.3 Å². The first-order valence-corrected chi connectivity index (χ1v) is 9.75. The third-order valence-corrected chi connectivity index (χ3v) is 4.19. The van der Waals surface area contributed by atoms with E-state index in [1.54, 1.807) is 34.2 Å². The minimum Gasteiger partial charge on any atom is -0.490 e. The first-order chi connectivity index (χ1) is 13.6. The van der Waals surface area contributed by atoms with Crippen molar-refractivity contribution in [1.82, 2.24) is 19.6 Å². The topological polar surface area (TPSA) is 83.2 Å². The Bertz CT molecular complexity index is 937. The molecule has 0 saturated carbocycles. The van der Waals surface area contributed by atoms with Crippen LogP contribution in [0.15, 0.2) is 47.5 Å². The van der Waals surface area contributed by atoms with Gasteiger partial charge in [-0.15, -0.1) is 0 Å². The number of carbonyl (C=O) groups excluding carboxylic acids is 1. The molecule has 0 aliphatic carbocycles. The normalized spacial score (nSPS) is 10.7. The van der Waals surface area contributed by atoms with E-state index >= 15 is 0 Å². The van der Waals surface area contributed by atoms with E-state index in [1.807, 2.05) is 32.0 Å². The zero-order valence-electron chi connectivity index (χ0n) is 15.8. The molecule has 8 nitrogen and oxygen atoms in total. The van der Waals surface area contributed by atoms with Gasteiger partial charge in [-0.25, -0.2) is 0 Å². The van der Waals surface area contributed by atoms with E-state index in [-0.39, 0.29) is 12.5 Å². The molecule has 0 saturated heterocycles. The first kappa shape index (κ1) is 19.9. The van der Waals surface area contributed by atoms with Gasteiger partial charge in [-0.2, -0.15) is 10.2 Å². The minimum absolute atomic E-state index is 0.132. The predicted molar refractivity (Wildman–Crippen MR) is 109 cm³/mol. The highest BCUT2D eigenvalue weighted by molar-refractivity contribution is 9.10. The molecule has 0 atom stereocenters. The highest BCUT2D eigenvalue weighted by Crippen LogP contribution is 2.28. The second-order valence-corrected chi connectivity index (χ2v) is 6.89. The maximum absolute atomic E-state index is 12.1. The Kier molecular flexibility index (Phi) is 6.70. The number of amides is 1. The summed E-state index contributed by atoms with van der Waals surface area (Å²) in [4.78, 5) is 12.1. The minimum atomic E-state index is -0.171. The van der Waals surface area contributed by atoms with Crippen LogP contribution in [0.2, 0.25) is 0 Å². The van der Waals surface area contributed by atoms with Gasteiger partial charge in [0.15, 0.2) is 11.5 Å². The van der Waals surface area contributed by atoms with Crippen molar-refractivity contribution in [3.05, 3.63) is 53.0 Å². The number of benzene rings is 1. The van der Waals surface area contributed by atoms with Gasteiger partial charge in [0.1, 0.15) is 6.54 Å². The van der Waals surface area contributed by atoms with Gasteiger partial charge in [0.25, 0.3) is 0 Å². The van der Waals surface area contributed by atoms with Crippen LogP contribution >= 0.6 is 15.9 Å². The van der Waals surface area contributed by atoms with Crippen LogP contribution in [-0.2, 0) is 17.9 Å². The molecule has 28 heavy (non-hydrogen) atoms. The number of nitrogens with one attached hydrogen (secondary N) is 1. The summed E-state index contributed by atoms with van der Waals surface area (Å²) in [6.07, 6.45) is 6.78. The molecule has 0 fully saturated rings. The maximum Gasteiger partial charge on any atom is 0.246 e. The van der Waals surface area contributed by atoms with Crippen molar-refractivity contribution < 1.29 is 14.3 Å². The van der Waals surface area contributed by atoms with Gasteiger partial charge in [0.2, 0.25) is 5.91 Å². The smallest absolute Gasteiger partial charge is 0.246 e. The zero-order valence-corrected chi connectivity index (χ0v) is 17.3. The van der Waals surface area contributed by atoms with Crippen molar-refractivity contribution in [1.29, 1.82) is 0 Å². The average Bonchev–Trinajstić information content (AvgIpc) is 3.26. The van der Waals surface area contributed by atoms with Crippen LogP contribution in [0.25, 0.3) is 0 Å². The van der Waals surface area contributed by atoms with Crippen LogP contribution < -0.4 is 14.8 Å². The molecule has 1 amide bonds. The van der Waals surface area contributed by atoms with Gasteiger partial charge < -0.3 is 14.8 Å². The van der Waals surface area contributed by atoms with Crippen molar-refractivity contribution in [3.8, 4) is 11.5 Å². The molecule has 0 bridgehead atoms. The first-order valence-electron chi connectivity index (χ1n) is 8.96. The SMILES string of the molecule is CCOc1ccc(Cn2cc(NC(=O)Cn3cc(Br)cn3)cn2)cc1OCC. The van der Waals surface area contributed by atoms with Gasteiger partial charge >= 0.3 is 0 Å². The number of hydrogen-bond acceptors (Lipinski definition) is 5. The Morgan fingerprint density at radius 2 is 1.82 bits per heavy atom. The summed E-state index contributed by atoms with van der Waals surface area (Å²) in [6.45, 7) is 5.70.